The predicted octanol–water partition coefficient (Wildman–Crippen LogP) is 4.06. The zero-order valence-corrected chi connectivity index (χ0v) is 9.97. The zero-order valence-electron chi connectivity index (χ0n) is 9.97. The van der Waals surface area contributed by atoms with Crippen LogP contribution in [-0.2, 0) is 0 Å². The lowest BCUT2D eigenvalue weighted by Crippen LogP contribution is -2.14. The second-order valence-electron chi connectivity index (χ2n) is 5.09. The highest BCUT2D eigenvalue weighted by molar-refractivity contribution is 7.01. The molecule has 0 aliphatic heterocycles. The summed E-state index contributed by atoms with van der Waals surface area (Å²) in [4.78, 5) is 0. The van der Waals surface area contributed by atoms with E-state index in [2.05, 4.69) is 28.2 Å². The summed E-state index contributed by atoms with van der Waals surface area (Å²) in [5, 5.41) is 0. The Balaban J connectivity index is 2.18. The van der Waals surface area contributed by atoms with Crippen molar-refractivity contribution in [3.05, 3.63) is 0 Å². The monoisotopic (exact) mass is 190 g/mol. The maximum absolute atomic E-state index is 2.48. The van der Waals surface area contributed by atoms with E-state index in [9.17, 15) is 0 Å². The smallest absolute Gasteiger partial charge is 0.0699 e. The van der Waals surface area contributed by atoms with Crippen molar-refractivity contribution in [2.24, 2.45) is 0 Å². The third-order valence-electron chi connectivity index (χ3n) is 3.17. The van der Waals surface area contributed by atoms with Crippen LogP contribution in [-0.4, -0.2) is 14.3 Å². The van der Waals surface area contributed by atoms with Gasteiger partial charge in [-0.05, 0) is 0 Å². The van der Waals surface area contributed by atoms with Crippen LogP contribution in [0.15, 0.2) is 0 Å². The van der Waals surface area contributed by atoms with Crippen molar-refractivity contribution < 1.29 is 0 Å². The Kier molecular flexibility index (Phi) is 6.47. The van der Waals surface area contributed by atoms with Crippen LogP contribution in [0.25, 0.3) is 0 Å². The van der Waals surface area contributed by atoms with Crippen LogP contribution in [0.3, 0.4) is 0 Å². The molecule has 0 atom stereocenters. The molecule has 2 heteroatoms. The van der Waals surface area contributed by atoms with Gasteiger partial charge >= 0.3 is 0 Å². The molecule has 0 aromatic carbocycles. The van der Waals surface area contributed by atoms with Crippen LogP contribution in [0.5, 0.6) is 0 Å². The SMILES string of the molecule is CC(C)[B][B]C1CCCCCCCC1. The van der Waals surface area contributed by atoms with E-state index >= 15 is 0 Å². The van der Waals surface area contributed by atoms with Crippen LogP contribution in [0.1, 0.15) is 65.2 Å². The van der Waals surface area contributed by atoms with Crippen molar-refractivity contribution in [3.63, 3.8) is 0 Å². The first-order valence-electron chi connectivity index (χ1n) is 6.47. The lowest BCUT2D eigenvalue weighted by molar-refractivity contribution is 0.621. The van der Waals surface area contributed by atoms with Crippen molar-refractivity contribution >= 4 is 14.3 Å². The zero-order chi connectivity index (χ0) is 10.2. The highest BCUT2D eigenvalue weighted by atomic mass is 14.1. The highest BCUT2D eigenvalue weighted by Gasteiger charge is 2.12. The van der Waals surface area contributed by atoms with E-state index in [0.29, 0.717) is 0 Å². The van der Waals surface area contributed by atoms with Gasteiger partial charge in [-0.3, -0.25) is 0 Å². The molecule has 0 N–H and O–H groups in total. The molecular formula is C12H24B2. The average Bonchev–Trinajstić information content (AvgIpc) is 2.27. The molecule has 1 aliphatic rings. The van der Waals surface area contributed by atoms with Gasteiger partial charge in [-0.15, -0.1) is 0 Å². The quantitative estimate of drug-likeness (QED) is 0.588. The fourth-order valence-electron chi connectivity index (χ4n) is 2.24. The first kappa shape index (κ1) is 12.2. The van der Waals surface area contributed by atoms with Gasteiger partial charge in [0.15, 0.2) is 0 Å². The molecule has 0 heterocycles. The maximum atomic E-state index is 2.48. The van der Waals surface area contributed by atoms with Gasteiger partial charge in [-0.1, -0.05) is 76.8 Å². The first-order valence-corrected chi connectivity index (χ1v) is 6.47. The van der Waals surface area contributed by atoms with Crippen molar-refractivity contribution in [1.82, 2.24) is 0 Å². The molecule has 0 saturated heterocycles. The van der Waals surface area contributed by atoms with E-state index in [1.807, 2.05) is 0 Å². The molecule has 1 aliphatic carbocycles. The summed E-state index contributed by atoms with van der Waals surface area (Å²) in [6, 6.07) is 0. The Morgan fingerprint density at radius 2 is 1.36 bits per heavy atom. The molecule has 0 nitrogen and oxygen atoms in total. The third-order valence-corrected chi connectivity index (χ3v) is 3.17. The van der Waals surface area contributed by atoms with E-state index in [-0.39, 0.29) is 0 Å². The second-order valence-corrected chi connectivity index (χ2v) is 5.09. The third kappa shape index (κ3) is 5.78. The molecule has 1 saturated carbocycles. The minimum absolute atomic E-state index is 0.725. The summed E-state index contributed by atoms with van der Waals surface area (Å²) in [7, 11) is 4.87. The topological polar surface area (TPSA) is 0 Å². The molecule has 0 spiro atoms. The van der Waals surface area contributed by atoms with Gasteiger partial charge in [0.2, 0.25) is 0 Å². The molecule has 0 aromatic heterocycles. The normalized spacial score (nSPS) is 21.1. The molecule has 1 fully saturated rings. The maximum Gasteiger partial charge on any atom is 0.0699 e. The lowest BCUT2D eigenvalue weighted by atomic mass is 9.29. The van der Waals surface area contributed by atoms with Crippen molar-refractivity contribution in [1.29, 1.82) is 0 Å². The number of rotatable bonds is 3. The predicted molar refractivity (Wildman–Crippen MR) is 67.3 cm³/mol. The number of hydrogen-bond acceptors (Lipinski definition) is 0. The lowest BCUT2D eigenvalue weighted by Gasteiger charge is -2.15. The molecule has 0 aromatic rings. The minimum atomic E-state index is 0.725. The Bertz CT molecular complexity index is 124. The van der Waals surface area contributed by atoms with Crippen LogP contribution >= 0.6 is 0 Å². The summed E-state index contributed by atoms with van der Waals surface area (Å²) < 4.78 is 0. The minimum Gasteiger partial charge on any atom is -0.0829 e. The second kappa shape index (κ2) is 7.43. The van der Waals surface area contributed by atoms with E-state index in [1.54, 1.807) is 0 Å². The Hall–Kier alpha value is 0.130. The van der Waals surface area contributed by atoms with Gasteiger partial charge < -0.3 is 0 Å². The molecule has 0 bridgehead atoms. The Morgan fingerprint density at radius 3 is 1.86 bits per heavy atom. The van der Waals surface area contributed by atoms with Crippen molar-refractivity contribution in [2.45, 2.75) is 76.8 Å². The molecule has 78 valence electrons. The Labute approximate surface area is 91.7 Å². The van der Waals surface area contributed by atoms with Gasteiger partial charge in [-0.2, -0.15) is 0 Å². The molecule has 14 heavy (non-hydrogen) atoms. The summed E-state index contributed by atoms with van der Waals surface area (Å²) in [6.07, 6.45) is 11.6. The highest BCUT2D eigenvalue weighted by Crippen LogP contribution is 2.25. The van der Waals surface area contributed by atoms with Crippen LogP contribution in [0.2, 0.25) is 11.6 Å². The number of hydrogen-bond donors (Lipinski definition) is 0. The fraction of sp³-hybridized carbons (Fsp3) is 1.00. The Morgan fingerprint density at radius 1 is 0.857 bits per heavy atom. The molecule has 1 rings (SSSR count). The van der Waals surface area contributed by atoms with Crippen LogP contribution in [0.4, 0.5) is 0 Å². The molecular weight excluding hydrogens is 166 g/mol. The van der Waals surface area contributed by atoms with E-state index < -0.39 is 0 Å². The van der Waals surface area contributed by atoms with Gasteiger partial charge in [-0.25, -0.2) is 0 Å². The summed E-state index contributed by atoms with van der Waals surface area (Å²) in [5.41, 5.74) is 0. The van der Waals surface area contributed by atoms with Gasteiger partial charge in [0.25, 0.3) is 0 Å². The van der Waals surface area contributed by atoms with Crippen LogP contribution < -0.4 is 0 Å². The fourth-order valence-corrected chi connectivity index (χ4v) is 2.24. The van der Waals surface area contributed by atoms with Crippen molar-refractivity contribution in [2.75, 3.05) is 0 Å². The van der Waals surface area contributed by atoms with E-state index in [1.165, 1.54) is 51.4 Å². The summed E-state index contributed by atoms with van der Waals surface area (Å²) in [5.74, 6) is 1.61. The van der Waals surface area contributed by atoms with Gasteiger partial charge in [0.05, 0.1) is 14.3 Å². The first-order chi connectivity index (χ1) is 6.79. The summed E-state index contributed by atoms with van der Waals surface area (Å²) >= 11 is 0. The molecule has 0 amide bonds. The van der Waals surface area contributed by atoms with Crippen LogP contribution in [0, 0.1) is 0 Å². The molecule has 0 unspecified atom stereocenters. The largest absolute Gasteiger partial charge is 0.0829 e. The van der Waals surface area contributed by atoms with Crippen molar-refractivity contribution in [3.8, 4) is 0 Å². The summed E-state index contributed by atoms with van der Waals surface area (Å²) in [6.45, 7) is 4.54. The average molecular weight is 190 g/mol. The van der Waals surface area contributed by atoms with Gasteiger partial charge in [0.1, 0.15) is 0 Å². The van der Waals surface area contributed by atoms with E-state index in [4.69, 9.17) is 0 Å². The molecule has 2 radical (unpaired) electrons. The van der Waals surface area contributed by atoms with Gasteiger partial charge in [0, 0.05) is 0 Å². The van der Waals surface area contributed by atoms with E-state index in [0.717, 1.165) is 11.6 Å². The standard InChI is InChI=1S/C12H24B2/c1-11(2)13-14-12-9-7-5-3-4-6-8-10-12/h11-12H,3-10H2,1-2H3.